The number of hydrogen-bond acceptors (Lipinski definition) is 3. The Morgan fingerprint density at radius 3 is 2.60 bits per heavy atom. The van der Waals surface area contributed by atoms with Crippen LogP contribution >= 0.6 is 15.9 Å². The van der Waals surface area contributed by atoms with Gasteiger partial charge in [0, 0.05) is 21.5 Å². The molecule has 0 bridgehead atoms. The van der Waals surface area contributed by atoms with Crippen LogP contribution in [0.3, 0.4) is 0 Å². The lowest BCUT2D eigenvalue weighted by Crippen LogP contribution is -1.98. The number of carboxylic acid groups (broad SMARTS) is 1. The molecule has 1 aromatic carbocycles. The number of oxazole rings is 1. The minimum atomic E-state index is -1.11. The Labute approximate surface area is 93.7 Å². The van der Waals surface area contributed by atoms with E-state index in [0.29, 0.717) is 5.56 Å². The Morgan fingerprint density at radius 1 is 1.33 bits per heavy atom. The second-order valence-electron chi connectivity index (χ2n) is 2.82. The summed E-state index contributed by atoms with van der Waals surface area (Å²) in [5.41, 5.74) is 0.598. The molecule has 1 N–H and O–H groups in total. The minimum Gasteiger partial charge on any atom is -0.476 e. The molecule has 1 aromatic heterocycles. The summed E-state index contributed by atoms with van der Waals surface area (Å²) in [6.45, 7) is 0. The van der Waals surface area contributed by atoms with E-state index in [4.69, 9.17) is 9.52 Å². The van der Waals surface area contributed by atoms with Crippen LogP contribution in [0.1, 0.15) is 10.5 Å². The van der Waals surface area contributed by atoms with Crippen molar-refractivity contribution in [1.82, 2.24) is 4.98 Å². The van der Waals surface area contributed by atoms with Crippen molar-refractivity contribution in [1.29, 1.82) is 0 Å². The first-order valence-electron chi connectivity index (χ1n) is 4.13. The Morgan fingerprint density at radius 2 is 2.00 bits per heavy atom. The number of aromatic nitrogens is 1. The molecule has 0 aliphatic carbocycles. The predicted octanol–water partition coefficient (Wildman–Crippen LogP) is 2.80. The lowest BCUT2D eigenvalue weighted by atomic mass is 10.1. The monoisotopic (exact) mass is 267 g/mol. The SMILES string of the molecule is O=C(O)c1nc(Br)oc1-c1ccccc1. The van der Waals surface area contributed by atoms with Crippen LogP contribution < -0.4 is 0 Å². The van der Waals surface area contributed by atoms with Gasteiger partial charge in [-0.25, -0.2) is 4.79 Å². The number of hydrogen-bond donors (Lipinski definition) is 1. The average Bonchev–Trinajstić information content (AvgIpc) is 2.62. The van der Waals surface area contributed by atoms with Crippen molar-refractivity contribution in [2.45, 2.75) is 0 Å². The van der Waals surface area contributed by atoms with Crippen LogP contribution in [0.5, 0.6) is 0 Å². The minimum absolute atomic E-state index is 0.0897. The normalized spacial score (nSPS) is 10.2. The van der Waals surface area contributed by atoms with Crippen molar-refractivity contribution in [2.24, 2.45) is 0 Å². The summed E-state index contributed by atoms with van der Waals surface area (Å²) in [6.07, 6.45) is 0. The highest BCUT2D eigenvalue weighted by molar-refractivity contribution is 9.10. The molecule has 0 saturated carbocycles. The molecule has 2 rings (SSSR count). The molecular formula is C10H6BrNO3. The van der Waals surface area contributed by atoms with E-state index in [1.807, 2.05) is 6.07 Å². The van der Waals surface area contributed by atoms with Crippen molar-refractivity contribution < 1.29 is 14.3 Å². The van der Waals surface area contributed by atoms with Gasteiger partial charge in [0.25, 0.3) is 4.80 Å². The van der Waals surface area contributed by atoms with Gasteiger partial charge in [-0.05, 0) is 0 Å². The third-order valence-corrected chi connectivity index (χ3v) is 2.18. The Hall–Kier alpha value is -1.62. The van der Waals surface area contributed by atoms with Gasteiger partial charge in [-0.3, -0.25) is 0 Å². The van der Waals surface area contributed by atoms with Gasteiger partial charge < -0.3 is 9.52 Å². The van der Waals surface area contributed by atoms with Gasteiger partial charge >= 0.3 is 5.97 Å². The maximum absolute atomic E-state index is 10.9. The average molecular weight is 268 g/mol. The second kappa shape index (κ2) is 3.86. The molecule has 0 saturated heterocycles. The fraction of sp³-hybridized carbons (Fsp3) is 0. The topological polar surface area (TPSA) is 63.3 Å². The van der Waals surface area contributed by atoms with E-state index in [0.717, 1.165) is 0 Å². The summed E-state index contributed by atoms with van der Waals surface area (Å²) in [5, 5.41) is 8.90. The summed E-state index contributed by atoms with van der Waals surface area (Å²) in [6, 6.07) is 8.98. The molecule has 0 aliphatic heterocycles. The van der Waals surface area contributed by atoms with Crippen LogP contribution in [0.2, 0.25) is 0 Å². The fourth-order valence-electron chi connectivity index (χ4n) is 1.22. The number of aromatic carboxylic acids is 1. The molecule has 5 heteroatoms. The molecule has 0 aliphatic rings. The number of rotatable bonds is 2. The maximum Gasteiger partial charge on any atom is 0.358 e. The number of halogens is 1. The van der Waals surface area contributed by atoms with E-state index in [9.17, 15) is 4.79 Å². The highest BCUT2D eigenvalue weighted by Crippen LogP contribution is 2.26. The van der Waals surface area contributed by atoms with Crippen molar-refractivity contribution in [3.63, 3.8) is 0 Å². The van der Waals surface area contributed by atoms with E-state index in [-0.39, 0.29) is 16.3 Å². The van der Waals surface area contributed by atoms with Gasteiger partial charge in [-0.15, -0.1) is 0 Å². The highest BCUT2D eigenvalue weighted by Gasteiger charge is 2.19. The number of carbonyl (C=O) groups is 1. The van der Waals surface area contributed by atoms with Gasteiger partial charge in [-0.1, -0.05) is 30.3 Å². The number of carboxylic acids is 1. The van der Waals surface area contributed by atoms with Crippen LogP contribution in [-0.4, -0.2) is 16.1 Å². The van der Waals surface area contributed by atoms with E-state index < -0.39 is 5.97 Å². The van der Waals surface area contributed by atoms with Gasteiger partial charge in [0.2, 0.25) is 0 Å². The molecule has 0 spiro atoms. The highest BCUT2D eigenvalue weighted by atomic mass is 79.9. The maximum atomic E-state index is 10.9. The zero-order valence-electron chi connectivity index (χ0n) is 7.48. The van der Waals surface area contributed by atoms with Crippen molar-refractivity contribution in [3.8, 4) is 11.3 Å². The van der Waals surface area contributed by atoms with Crippen molar-refractivity contribution >= 4 is 21.9 Å². The van der Waals surface area contributed by atoms with Crippen LogP contribution in [0.15, 0.2) is 39.5 Å². The molecule has 0 radical (unpaired) electrons. The van der Waals surface area contributed by atoms with E-state index in [2.05, 4.69) is 20.9 Å². The summed E-state index contributed by atoms with van der Waals surface area (Å²) >= 11 is 3.01. The predicted molar refractivity (Wildman–Crippen MR) is 56.6 cm³/mol. The molecule has 2 aromatic rings. The molecule has 15 heavy (non-hydrogen) atoms. The first-order valence-corrected chi connectivity index (χ1v) is 4.93. The summed E-state index contributed by atoms with van der Waals surface area (Å²) in [7, 11) is 0. The third-order valence-electron chi connectivity index (χ3n) is 1.84. The van der Waals surface area contributed by atoms with Crippen LogP contribution in [0.25, 0.3) is 11.3 Å². The third kappa shape index (κ3) is 1.92. The molecule has 0 amide bonds. The Bertz CT molecular complexity index is 493. The van der Waals surface area contributed by atoms with Gasteiger partial charge in [0.15, 0.2) is 11.5 Å². The molecule has 1 heterocycles. The van der Waals surface area contributed by atoms with Crippen molar-refractivity contribution in [3.05, 3.63) is 40.8 Å². The van der Waals surface area contributed by atoms with E-state index in [1.54, 1.807) is 24.3 Å². The molecular weight excluding hydrogens is 262 g/mol. The zero-order valence-corrected chi connectivity index (χ0v) is 9.06. The summed E-state index contributed by atoms with van der Waals surface area (Å²) in [5.74, 6) is -0.849. The smallest absolute Gasteiger partial charge is 0.358 e. The molecule has 0 atom stereocenters. The first kappa shape index (κ1) is 9.92. The Balaban J connectivity index is 2.58. The standard InChI is InChI=1S/C10H6BrNO3/c11-10-12-7(9(13)14)8(15-10)6-4-2-1-3-5-6/h1-5H,(H,13,14). The fourth-order valence-corrected chi connectivity index (χ4v) is 1.56. The molecule has 4 nitrogen and oxygen atoms in total. The molecule has 0 fully saturated rings. The van der Waals surface area contributed by atoms with Gasteiger partial charge in [0.05, 0.1) is 0 Å². The summed E-state index contributed by atoms with van der Waals surface area (Å²) in [4.78, 5) is 14.8. The van der Waals surface area contributed by atoms with E-state index >= 15 is 0 Å². The van der Waals surface area contributed by atoms with Gasteiger partial charge in [0.1, 0.15) is 0 Å². The van der Waals surface area contributed by atoms with Crippen molar-refractivity contribution in [2.75, 3.05) is 0 Å². The quantitative estimate of drug-likeness (QED) is 0.909. The zero-order chi connectivity index (χ0) is 10.8. The first-order chi connectivity index (χ1) is 7.18. The number of benzene rings is 1. The lowest BCUT2D eigenvalue weighted by Gasteiger charge is -1.95. The van der Waals surface area contributed by atoms with Gasteiger partial charge in [-0.2, -0.15) is 4.98 Å². The number of nitrogens with zero attached hydrogens (tertiary/aromatic N) is 1. The largest absolute Gasteiger partial charge is 0.476 e. The van der Waals surface area contributed by atoms with Crippen LogP contribution in [-0.2, 0) is 0 Å². The van der Waals surface area contributed by atoms with Crippen LogP contribution in [0, 0.1) is 0 Å². The summed E-state index contributed by atoms with van der Waals surface area (Å²) < 4.78 is 5.19. The lowest BCUT2D eigenvalue weighted by molar-refractivity contribution is 0.0691. The molecule has 76 valence electrons. The van der Waals surface area contributed by atoms with E-state index in [1.165, 1.54) is 0 Å². The Kier molecular flexibility index (Phi) is 2.55. The second-order valence-corrected chi connectivity index (χ2v) is 3.49. The molecule has 0 unspecified atom stereocenters. The van der Waals surface area contributed by atoms with Crippen LogP contribution in [0.4, 0.5) is 0 Å².